The molecule has 0 spiro atoms. The van der Waals surface area contributed by atoms with Crippen LogP contribution in [0.2, 0.25) is 0 Å². The van der Waals surface area contributed by atoms with E-state index in [1.165, 1.54) is 23.0 Å². The summed E-state index contributed by atoms with van der Waals surface area (Å²) in [6.45, 7) is 2.17. The summed E-state index contributed by atoms with van der Waals surface area (Å²) in [5.41, 5.74) is 3.88. The van der Waals surface area contributed by atoms with E-state index in [4.69, 9.17) is 4.99 Å². The Hall–Kier alpha value is -3.58. The van der Waals surface area contributed by atoms with Crippen LogP contribution in [0.4, 0.5) is 11.4 Å². The molecule has 4 rings (SSSR count). The predicted octanol–water partition coefficient (Wildman–Crippen LogP) is 5.95. The third kappa shape index (κ3) is 4.95. The van der Waals surface area contributed by atoms with Crippen molar-refractivity contribution in [3.8, 4) is 11.3 Å². The Morgan fingerprint density at radius 3 is 2.71 bits per heavy atom. The minimum atomic E-state index is -0.361. The van der Waals surface area contributed by atoms with Gasteiger partial charge in [0.05, 0.1) is 22.5 Å². The van der Waals surface area contributed by atoms with Gasteiger partial charge >= 0.3 is 0 Å². The number of thiazole rings is 1. The molecule has 0 saturated carbocycles. The lowest BCUT2D eigenvalue weighted by Gasteiger charge is -2.17. The fraction of sp³-hybridized carbons (Fsp3) is 0.167. The van der Waals surface area contributed by atoms with Gasteiger partial charge in [0.2, 0.25) is 0 Å². The molecule has 2 aromatic carbocycles. The van der Waals surface area contributed by atoms with Crippen LogP contribution < -0.4 is 4.80 Å². The topological polar surface area (TPSA) is 73.3 Å². The van der Waals surface area contributed by atoms with Crippen LogP contribution in [0.5, 0.6) is 0 Å². The van der Waals surface area contributed by atoms with Crippen LogP contribution in [-0.4, -0.2) is 14.5 Å². The van der Waals surface area contributed by atoms with Crippen molar-refractivity contribution in [1.82, 2.24) is 9.55 Å². The molecular weight excluding hydrogens is 408 g/mol. The zero-order valence-corrected chi connectivity index (χ0v) is 17.9. The average molecular weight is 431 g/mol. The van der Waals surface area contributed by atoms with Gasteiger partial charge < -0.3 is 4.57 Å². The second-order valence-corrected chi connectivity index (χ2v) is 8.11. The third-order valence-electron chi connectivity index (χ3n) is 5.10. The first-order chi connectivity index (χ1) is 15.1. The van der Waals surface area contributed by atoms with E-state index in [1.54, 1.807) is 24.5 Å². The lowest BCUT2D eigenvalue weighted by Crippen LogP contribution is -2.20. The molecule has 0 N–H and O–H groups in total. The molecule has 4 aromatic rings. The number of pyridine rings is 1. The Morgan fingerprint density at radius 2 is 1.97 bits per heavy atom. The second-order valence-electron chi connectivity index (χ2n) is 7.28. The number of nitro groups is 1. The normalized spacial score (nSPS) is 12.6. The molecule has 2 aromatic heterocycles. The van der Waals surface area contributed by atoms with Gasteiger partial charge in [-0.15, -0.1) is 11.3 Å². The molecule has 0 fully saturated rings. The largest absolute Gasteiger partial charge is 0.314 e. The van der Waals surface area contributed by atoms with Crippen molar-refractivity contribution in [2.24, 2.45) is 4.99 Å². The first-order valence-electron chi connectivity index (χ1n) is 10.1. The number of hydrogen-bond acceptors (Lipinski definition) is 5. The van der Waals surface area contributed by atoms with Gasteiger partial charge in [0.25, 0.3) is 5.69 Å². The van der Waals surface area contributed by atoms with Crippen LogP contribution in [0.3, 0.4) is 0 Å². The van der Waals surface area contributed by atoms with Crippen molar-refractivity contribution in [2.75, 3.05) is 0 Å². The summed E-state index contributed by atoms with van der Waals surface area (Å²) in [4.78, 5) is 20.7. The quantitative estimate of drug-likeness (QED) is 0.269. The van der Waals surface area contributed by atoms with Crippen molar-refractivity contribution < 1.29 is 4.92 Å². The number of hydrogen-bond donors (Lipinski definition) is 0. The van der Waals surface area contributed by atoms with Gasteiger partial charge in [-0.05, 0) is 37.5 Å². The van der Waals surface area contributed by atoms with Crippen LogP contribution in [0, 0.1) is 10.1 Å². The van der Waals surface area contributed by atoms with E-state index in [0.29, 0.717) is 0 Å². The molecule has 0 amide bonds. The molecule has 0 bridgehead atoms. The van der Waals surface area contributed by atoms with Gasteiger partial charge in [-0.3, -0.25) is 15.1 Å². The standard InChI is InChI=1S/C24H22N4O2S/c1-18(12-13-19-7-3-2-4-8-19)27-23(20-9-5-11-22(15-20)28(29)30)17-31-24(27)26-21-10-6-14-25-16-21/h2-11,14-18H,12-13H2,1H3. The average Bonchev–Trinajstić information content (AvgIpc) is 3.22. The summed E-state index contributed by atoms with van der Waals surface area (Å²) in [5.74, 6) is 0. The summed E-state index contributed by atoms with van der Waals surface area (Å²) >= 11 is 1.53. The Kier molecular flexibility index (Phi) is 6.33. The SMILES string of the molecule is CC(CCc1ccccc1)n1c(-c2cccc([N+](=O)[O-])c2)csc1=Nc1cccnc1. The summed E-state index contributed by atoms with van der Waals surface area (Å²) in [5, 5.41) is 13.3. The fourth-order valence-electron chi connectivity index (χ4n) is 3.50. The molecule has 31 heavy (non-hydrogen) atoms. The number of nitrogens with zero attached hydrogens (tertiary/aromatic N) is 4. The van der Waals surface area contributed by atoms with Crippen molar-refractivity contribution in [2.45, 2.75) is 25.8 Å². The number of aryl methyl sites for hydroxylation is 1. The maximum absolute atomic E-state index is 11.3. The van der Waals surface area contributed by atoms with Crippen LogP contribution in [-0.2, 0) is 6.42 Å². The second kappa shape index (κ2) is 9.49. The summed E-state index contributed by atoms with van der Waals surface area (Å²) in [6, 6.07) is 21.1. The summed E-state index contributed by atoms with van der Waals surface area (Å²) < 4.78 is 2.18. The van der Waals surface area contributed by atoms with Gasteiger partial charge in [-0.1, -0.05) is 42.5 Å². The van der Waals surface area contributed by atoms with E-state index in [2.05, 4.69) is 40.7 Å². The van der Waals surface area contributed by atoms with Gasteiger partial charge in [0.1, 0.15) is 0 Å². The molecule has 0 radical (unpaired) electrons. The molecule has 1 unspecified atom stereocenters. The molecule has 6 nitrogen and oxygen atoms in total. The number of rotatable bonds is 7. The zero-order valence-electron chi connectivity index (χ0n) is 17.1. The molecule has 0 aliphatic rings. The Morgan fingerprint density at radius 1 is 1.13 bits per heavy atom. The highest BCUT2D eigenvalue weighted by atomic mass is 32.1. The maximum Gasteiger partial charge on any atom is 0.270 e. The smallest absolute Gasteiger partial charge is 0.270 e. The minimum absolute atomic E-state index is 0.0814. The lowest BCUT2D eigenvalue weighted by atomic mass is 10.1. The summed E-state index contributed by atoms with van der Waals surface area (Å²) in [6.07, 6.45) is 5.30. The fourth-order valence-corrected chi connectivity index (χ4v) is 4.51. The van der Waals surface area contributed by atoms with E-state index in [1.807, 2.05) is 29.6 Å². The van der Waals surface area contributed by atoms with E-state index < -0.39 is 0 Å². The van der Waals surface area contributed by atoms with Crippen LogP contribution in [0.1, 0.15) is 24.9 Å². The third-order valence-corrected chi connectivity index (χ3v) is 5.94. The number of non-ortho nitro benzene ring substituents is 1. The van der Waals surface area contributed by atoms with Crippen molar-refractivity contribution in [3.05, 3.63) is 105 Å². The highest BCUT2D eigenvalue weighted by Gasteiger charge is 2.16. The van der Waals surface area contributed by atoms with Gasteiger partial charge in [0, 0.05) is 35.3 Å². The monoisotopic (exact) mass is 430 g/mol. The highest BCUT2D eigenvalue weighted by Crippen LogP contribution is 2.28. The van der Waals surface area contributed by atoms with Gasteiger partial charge in [-0.25, -0.2) is 4.99 Å². The van der Waals surface area contributed by atoms with E-state index in [-0.39, 0.29) is 16.7 Å². The predicted molar refractivity (Wildman–Crippen MR) is 123 cm³/mol. The molecule has 7 heteroatoms. The van der Waals surface area contributed by atoms with E-state index in [9.17, 15) is 10.1 Å². The molecule has 0 aliphatic carbocycles. The molecule has 2 heterocycles. The van der Waals surface area contributed by atoms with Crippen LogP contribution >= 0.6 is 11.3 Å². The van der Waals surface area contributed by atoms with Gasteiger partial charge in [0.15, 0.2) is 4.80 Å². The first kappa shape index (κ1) is 20.7. The van der Waals surface area contributed by atoms with Crippen molar-refractivity contribution in [1.29, 1.82) is 0 Å². The van der Waals surface area contributed by atoms with Gasteiger partial charge in [-0.2, -0.15) is 0 Å². The number of nitro benzene ring substituents is 1. The lowest BCUT2D eigenvalue weighted by molar-refractivity contribution is -0.384. The van der Waals surface area contributed by atoms with Crippen LogP contribution in [0.25, 0.3) is 11.3 Å². The van der Waals surface area contributed by atoms with E-state index >= 15 is 0 Å². The Bertz CT molecular complexity index is 1230. The maximum atomic E-state index is 11.3. The molecular formula is C24H22N4O2S. The van der Waals surface area contributed by atoms with E-state index in [0.717, 1.165) is 34.6 Å². The zero-order chi connectivity index (χ0) is 21.6. The van der Waals surface area contributed by atoms with Crippen molar-refractivity contribution >= 4 is 22.7 Å². The Balaban J connectivity index is 1.76. The summed E-state index contributed by atoms with van der Waals surface area (Å²) in [7, 11) is 0. The van der Waals surface area contributed by atoms with Crippen molar-refractivity contribution in [3.63, 3.8) is 0 Å². The molecule has 0 aliphatic heterocycles. The van der Waals surface area contributed by atoms with Crippen LogP contribution in [0.15, 0.2) is 89.5 Å². The molecule has 156 valence electrons. The first-order valence-corrected chi connectivity index (χ1v) is 10.9. The number of benzene rings is 2. The molecule has 1 atom stereocenters. The number of aromatic nitrogens is 2. The minimum Gasteiger partial charge on any atom is -0.314 e. The Labute approximate surface area is 184 Å². The molecule has 0 saturated heterocycles. The highest BCUT2D eigenvalue weighted by molar-refractivity contribution is 7.07.